The van der Waals surface area contributed by atoms with Gasteiger partial charge in [0.15, 0.2) is 6.61 Å². The summed E-state index contributed by atoms with van der Waals surface area (Å²) in [6.07, 6.45) is 2.10. The lowest BCUT2D eigenvalue weighted by molar-refractivity contribution is -0.119. The van der Waals surface area contributed by atoms with Crippen molar-refractivity contribution in [2.24, 2.45) is 0 Å². The summed E-state index contributed by atoms with van der Waals surface area (Å²) in [6.45, 7) is 0.669. The third kappa shape index (κ3) is 6.70. The van der Waals surface area contributed by atoms with Crippen molar-refractivity contribution in [3.8, 4) is 5.75 Å². The Morgan fingerprint density at radius 3 is 2.63 bits per heavy atom. The molecule has 6 nitrogen and oxygen atoms in total. The Hall–Kier alpha value is -2.65. The van der Waals surface area contributed by atoms with Crippen LogP contribution < -0.4 is 10.1 Å². The predicted octanol–water partition coefficient (Wildman–Crippen LogP) is 4.35. The van der Waals surface area contributed by atoms with Crippen LogP contribution in [0.25, 0.3) is 0 Å². The van der Waals surface area contributed by atoms with Crippen LogP contribution in [0.3, 0.4) is 0 Å². The first kappa shape index (κ1) is 22.0. The minimum atomic E-state index is -2.61. The van der Waals surface area contributed by atoms with E-state index in [-0.39, 0.29) is 22.3 Å². The number of nitrogens with one attached hydrogen (secondary N) is 1. The summed E-state index contributed by atoms with van der Waals surface area (Å²) in [5, 5.41) is 2.47. The van der Waals surface area contributed by atoms with Gasteiger partial charge in [0.05, 0.1) is 17.4 Å². The van der Waals surface area contributed by atoms with E-state index in [1.54, 1.807) is 36.4 Å². The van der Waals surface area contributed by atoms with Crippen molar-refractivity contribution in [1.82, 2.24) is 0 Å². The number of thioether (sulfide) groups is 1. The number of benzene rings is 2. The first-order valence-corrected chi connectivity index (χ1v) is 10.2. The number of hydrogen-bond acceptors (Lipinski definition) is 6. The minimum Gasteiger partial charge on any atom is -0.491 e. The lowest BCUT2D eigenvalue weighted by Gasteiger charge is -2.12. The maximum absolute atomic E-state index is 12.6. The Balaban J connectivity index is 1.46. The number of alkyl halides is 2. The maximum Gasteiger partial charge on any atom is 0.338 e. The fourth-order valence-electron chi connectivity index (χ4n) is 2.82. The second-order valence-electron chi connectivity index (χ2n) is 6.47. The summed E-state index contributed by atoms with van der Waals surface area (Å²) in [7, 11) is 0. The van der Waals surface area contributed by atoms with Crippen molar-refractivity contribution in [1.29, 1.82) is 0 Å². The molecule has 1 heterocycles. The third-order valence-corrected chi connectivity index (χ3v) is 5.05. The van der Waals surface area contributed by atoms with Crippen LogP contribution in [-0.4, -0.2) is 43.6 Å². The van der Waals surface area contributed by atoms with Gasteiger partial charge in [0.1, 0.15) is 12.4 Å². The summed E-state index contributed by atoms with van der Waals surface area (Å²) in [6, 6.07) is 12.5. The van der Waals surface area contributed by atoms with E-state index in [1.165, 1.54) is 12.1 Å². The standard InChI is InChI=1S/C21H21F2NO5S/c22-21(23)30-18-6-2-1-5-17(18)24-19(25)13-29-20(26)14-7-9-15(10-8-14)28-12-16-4-3-11-27-16/h1-2,5-10,16,21H,3-4,11-13H2,(H,24,25)/t16-/m1/s1. The highest BCUT2D eigenvalue weighted by Crippen LogP contribution is 2.31. The zero-order chi connectivity index (χ0) is 21.3. The van der Waals surface area contributed by atoms with Crippen LogP contribution in [0.5, 0.6) is 5.75 Å². The number of halogens is 2. The monoisotopic (exact) mass is 437 g/mol. The first-order chi connectivity index (χ1) is 14.5. The van der Waals surface area contributed by atoms with Gasteiger partial charge >= 0.3 is 5.97 Å². The van der Waals surface area contributed by atoms with Gasteiger partial charge in [-0.2, -0.15) is 8.78 Å². The molecule has 3 rings (SSSR count). The molecule has 2 aromatic rings. The van der Waals surface area contributed by atoms with Gasteiger partial charge in [-0.05, 0) is 49.2 Å². The number of para-hydroxylation sites is 1. The Morgan fingerprint density at radius 2 is 1.93 bits per heavy atom. The summed E-state index contributed by atoms with van der Waals surface area (Å²) >= 11 is 0.326. The molecule has 1 amide bonds. The molecule has 1 saturated heterocycles. The number of carbonyl (C=O) groups is 2. The highest BCUT2D eigenvalue weighted by atomic mass is 32.2. The van der Waals surface area contributed by atoms with Gasteiger partial charge in [0.25, 0.3) is 11.7 Å². The molecule has 0 aromatic heterocycles. The molecule has 0 saturated carbocycles. The molecule has 2 aromatic carbocycles. The average Bonchev–Trinajstić information content (AvgIpc) is 3.26. The van der Waals surface area contributed by atoms with Gasteiger partial charge in [-0.15, -0.1) is 0 Å². The third-order valence-electron chi connectivity index (χ3n) is 4.26. The Morgan fingerprint density at radius 1 is 1.17 bits per heavy atom. The molecular weight excluding hydrogens is 416 g/mol. The fourth-order valence-corrected chi connectivity index (χ4v) is 3.42. The summed E-state index contributed by atoms with van der Waals surface area (Å²) < 4.78 is 41.3. The second-order valence-corrected chi connectivity index (χ2v) is 7.50. The number of anilines is 1. The van der Waals surface area contributed by atoms with Crippen molar-refractivity contribution in [2.45, 2.75) is 29.6 Å². The Bertz CT molecular complexity index is 857. The van der Waals surface area contributed by atoms with Crippen molar-refractivity contribution < 1.29 is 32.6 Å². The van der Waals surface area contributed by atoms with Crippen LogP contribution in [0.15, 0.2) is 53.4 Å². The summed E-state index contributed by atoms with van der Waals surface area (Å²) in [5.74, 6) is -3.31. The van der Waals surface area contributed by atoms with E-state index >= 15 is 0 Å². The lowest BCUT2D eigenvalue weighted by atomic mass is 10.2. The van der Waals surface area contributed by atoms with Crippen LogP contribution in [0, 0.1) is 0 Å². The van der Waals surface area contributed by atoms with Crippen LogP contribution in [0.4, 0.5) is 14.5 Å². The molecule has 0 unspecified atom stereocenters. The van der Waals surface area contributed by atoms with Crippen molar-refractivity contribution in [3.63, 3.8) is 0 Å². The van der Waals surface area contributed by atoms with Gasteiger partial charge in [-0.25, -0.2) is 4.79 Å². The van der Waals surface area contributed by atoms with Gasteiger partial charge in [-0.1, -0.05) is 23.9 Å². The molecule has 0 radical (unpaired) electrons. The van der Waals surface area contributed by atoms with Gasteiger partial charge in [-0.3, -0.25) is 4.79 Å². The molecule has 1 aliphatic rings. The zero-order valence-electron chi connectivity index (χ0n) is 16.0. The number of amides is 1. The van der Waals surface area contributed by atoms with Gasteiger partial charge in [0.2, 0.25) is 0 Å². The number of hydrogen-bond donors (Lipinski definition) is 1. The number of esters is 1. The van der Waals surface area contributed by atoms with Crippen molar-refractivity contribution >= 4 is 29.3 Å². The van der Waals surface area contributed by atoms with Crippen molar-refractivity contribution in [2.75, 3.05) is 25.1 Å². The first-order valence-electron chi connectivity index (χ1n) is 9.36. The van der Waals surface area contributed by atoms with E-state index in [9.17, 15) is 18.4 Å². The molecule has 30 heavy (non-hydrogen) atoms. The van der Waals surface area contributed by atoms with Crippen LogP contribution >= 0.6 is 11.8 Å². The molecule has 0 aliphatic carbocycles. The molecular formula is C21H21F2NO5S. The van der Waals surface area contributed by atoms with Crippen LogP contribution in [-0.2, 0) is 14.3 Å². The van der Waals surface area contributed by atoms with Gasteiger partial charge < -0.3 is 19.5 Å². The summed E-state index contributed by atoms with van der Waals surface area (Å²) in [5.41, 5.74) is 0.498. The highest BCUT2D eigenvalue weighted by molar-refractivity contribution is 7.99. The number of rotatable bonds is 9. The quantitative estimate of drug-likeness (QED) is 0.464. The minimum absolute atomic E-state index is 0.0948. The molecule has 0 spiro atoms. The smallest absolute Gasteiger partial charge is 0.338 e. The summed E-state index contributed by atoms with van der Waals surface area (Å²) in [4.78, 5) is 24.4. The number of ether oxygens (including phenoxy) is 3. The van der Waals surface area contributed by atoms with Crippen LogP contribution in [0.2, 0.25) is 0 Å². The molecule has 1 fully saturated rings. The zero-order valence-corrected chi connectivity index (χ0v) is 16.8. The van der Waals surface area contributed by atoms with Crippen molar-refractivity contribution in [3.05, 3.63) is 54.1 Å². The Kier molecular flexibility index (Phi) is 8.04. The largest absolute Gasteiger partial charge is 0.491 e. The highest BCUT2D eigenvalue weighted by Gasteiger charge is 2.17. The SMILES string of the molecule is O=C(COC(=O)c1ccc(OC[C@H]2CCCO2)cc1)Nc1ccccc1SC(F)F. The topological polar surface area (TPSA) is 73.9 Å². The predicted molar refractivity (Wildman–Crippen MR) is 108 cm³/mol. The molecule has 0 bridgehead atoms. The molecule has 160 valence electrons. The Labute approximate surface area is 176 Å². The molecule has 1 N–H and O–H groups in total. The van der Waals surface area contributed by atoms with E-state index in [1.807, 2.05) is 0 Å². The molecule has 1 aliphatic heterocycles. The second kappa shape index (κ2) is 10.9. The van der Waals surface area contributed by atoms with Gasteiger partial charge in [0, 0.05) is 11.5 Å². The van der Waals surface area contributed by atoms with E-state index in [0.717, 1.165) is 19.4 Å². The van der Waals surface area contributed by atoms with E-state index < -0.39 is 24.2 Å². The van der Waals surface area contributed by atoms with E-state index in [0.29, 0.717) is 24.1 Å². The maximum atomic E-state index is 12.6. The fraction of sp³-hybridized carbons (Fsp3) is 0.333. The van der Waals surface area contributed by atoms with E-state index in [4.69, 9.17) is 14.2 Å². The number of carbonyl (C=O) groups excluding carboxylic acids is 2. The average molecular weight is 437 g/mol. The van der Waals surface area contributed by atoms with Crippen LogP contribution in [0.1, 0.15) is 23.2 Å². The molecule has 9 heteroatoms. The lowest BCUT2D eigenvalue weighted by Crippen LogP contribution is -2.21. The normalized spacial score (nSPS) is 15.8. The molecule has 1 atom stereocenters. The van der Waals surface area contributed by atoms with E-state index in [2.05, 4.69) is 5.32 Å².